The van der Waals surface area contributed by atoms with E-state index in [0.29, 0.717) is 12.0 Å². The van der Waals surface area contributed by atoms with Gasteiger partial charge in [0.1, 0.15) is 6.07 Å². The molecule has 206 valence electrons. The Hall–Kier alpha value is -2.88. The van der Waals surface area contributed by atoms with Gasteiger partial charge in [0.25, 0.3) is 0 Å². The summed E-state index contributed by atoms with van der Waals surface area (Å²) in [6.45, 7) is 12.7. The zero-order valence-corrected chi connectivity index (χ0v) is 23.0. The normalized spacial score (nSPS) is 30.5. The van der Waals surface area contributed by atoms with Crippen LogP contribution in [0.1, 0.15) is 109 Å². The highest BCUT2D eigenvalue weighted by atomic mass is 16.6. The minimum Gasteiger partial charge on any atom is -0.465 e. The predicted molar refractivity (Wildman–Crippen MR) is 143 cm³/mol. The molecule has 0 amide bonds. The second kappa shape index (κ2) is 13.1. The number of rotatable bonds is 3. The van der Waals surface area contributed by atoms with Crippen LogP contribution in [0.2, 0.25) is 0 Å². The van der Waals surface area contributed by atoms with Gasteiger partial charge in [0, 0.05) is 25.7 Å². The number of benzene rings is 1. The molecule has 0 saturated heterocycles. The molecule has 7 heteroatoms. The average Bonchev–Trinajstić information content (AvgIpc) is 3.12. The number of fused-ring (bicyclic) bond motifs is 5. The number of nitriles is 1. The van der Waals surface area contributed by atoms with E-state index in [0.717, 1.165) is 25.7 Å². The summed E-state index contributed by atoms with van der Waals surface area (Å²) in [5.41, 5.74) is 1.03. The fraction of sp³-hybridized carbons (Fsp3) is 0.667. The lowest BCUT2D eigenvalue weighted by atomic mass is 9.55. The SMILES string of the molecule is C.CC.CC.COC(=O)c1ccc2c(c1)CCC1C2CC[C@@]2(C)C1CC(C#N)(OC(C)=O)[C@@H]2OC(C)=O. The standard InChI is InChI=1S/C25H29NO6.2C2H6.CH4/c1-14(27)31-23-24(3)10-9-19-18-7-6-17(22(29)30-4)11-16(18)5-8-20(19)21(24)12-25(23,13-26)32-15(2)28;2*1-2;/h6-7,11,19-21,23H,5,8-10,12H2,1-4H3;2*1-2H3;1H4/t19?,20?,21?,23-,24+,25?;;;/m1.../s1. The topological polar surface area (TPSA) is 103 Å². The van der Waals surface area contributed by atoms with Crippen molar-refractivity contribution in [3.8, 4) is 6.07 Å². The summed E-state index contributed by atoms with van der Waals surface area (Å²) in [7, 11) is 1.38. The van der Waals surface area contributed by atoms with E-state index in [1.165, 1.54) is 32.1 Å². The number of ether oxygens (including phenoxy) is 3. The van der Waals surface area contributed by atoms with Crippen molar-refractivity contribution in [3.63, 3.8) is 0 Å². The summed E-state index contributed by atoms with van der Waals surface area (Å²) in [6.07, 6.45) is 2.90. The largest absolute Gasteiger partial charge is 0.465 e. The zero-order chi connectivity index (χ0) is 27.3. The van der Waals surface area contributed by atoms with Crippen LogP contribution in [0, 0.1) is 28.6 Å². The highest BCUT2D eigenvalue weighted by Gasteiger charge is 2.68. The Bertz CT molecular complexity index is 1010. The zero-order valence-electron chi connectivity index (χ0n) is 23.0. The first-order valence-corrected chi connectivity index (χ1v) is 13.1. The van der Waals surface area contributed by atoms with Gasteiger partial charge in [-0.05, 0) is 66.7 Å². The van der Waals surface area contributed by atoms with Crippen molar-refractivity contribution < 1.29 is 28.6 Å². The summed E-state index contributed by atoms with van der Waals surface area (Å²) >= 11 is 0. The van der Waals surface area contributed by atoms with Crippen LogP contribution in [0.25, 0.3) is 0 Å². The second-order valence-electron chi connectivity index (χ2n) is 9.65. The first kappa shape index (κ1) is 32.1. The third kappa shape index (κ3) is 5.84. The lowest BCUT2D eigenvalue weighted by Gasteiger charge is -2.50. The Balaban J connectivity index is 0.00000131. The molecule has 0 N–H and O–H groups in total. The molecule has 0 aliphatic heterocycles. The maximum atomic E-state index is 12.0. The van der Waals surface area contributed by atoms with Gasteiger partial charge in [0.2, 0.25) is 5.60 Å². The number of carbonyl (C=O) groups is 3. The first-order valence-electron chi connectivity index (χ1n) is 13.1. The molecule has 4 rings (SSSR count). The summed E-state index contributed by atoms with van der Waals surface area (Å²) in [4.78, 5) is 35.8. The maximum Gasteiger partial charge on any atom is 0.337 e. The van der Waals surface area contributed by atoms with Gasteiger partial charge < -0.3 is 14.2 Å². The highest BCUT2D eigenvalue weighted by Crippen LogP contribution is 2.64. The van der Waals surface area contributed by atoms with Crippen LogP contribution < -0.4 is 0 Å². The highest BCUT2D eigenvalue weighted by molar-refractivity contribution is 5.89. The van der Waals surface area contributed by atoms with E-state index < -0.39 is 29.1 Å². The Morgan fingerprint density at radius 3 is 2.24 bits per heavy atom. The van der Waals surface area contributed by atoms with Crippen molar-refractivity contribution in [2.24, 2.45) is 17.3 Å². The van der Waals surface area contributed by atoms with Crippen LogP contribution in [-0.4, -0.2) is 36.7 Å². The maximum absolute atomic E-state index is 12.0. The average molecular weight is 516 g/mol. The Morgan fingerprint density at radius 1 is 1.05 bits per heavy atom. The Kier molecular flexibility index (Phi) is 11.4. The van der Waals surface area contributed by atoms with Gasteiger partial charge in [0.15, 0.2) is 6.10 Å². The minimum absolute atomic E-state index is 0. The molecular formula is C30H45NO6. The van der Waals surface area contributed by atoms with Crippen LogP contribution in [0.5, 0.6) is 0 Å². The lowest BCUT2D eigenvalue weighted by molar-refractivity contribution is -0.180. The second-order valence-corrected chi connectivity index (χ2v) is 9.65. The molecule has 0 bridgehead atoms. The molecule has 37 heavy (non-hydrogen) atoms. The number of esters is 3. The van der Waals surface area contributed by atoms with E-state index in [9.17, 15) is 19.6 Å². The molecule has 1 aromatic rings. The van der Waals surface area contributed by atoms with Crippen LogP contribution in [-0.2, 0) is 30.2 Å². The van der Waals surface area contributed by atoms with E-state index in [4.69, 9.17) is 14.2 Å². The van der Waals surface area contributed by atoms with Crippen molar-refractivity contribution >= 4 is 17.9 Å². The molecule has 3 aliphatic rings. The summed E-state index contributed by atoms with van der Waals surface area (Å²) in [5.74, 6) is -0.742. The molecular weight excluding hydrogens is 470 g/mol. The minimum atomic E-state index is -1.47. The molecule has 0 spiro atoms. The summed E-state index contributed by atoms with van der Waals surface area (Å²) < 4.78 is 16.2. The molecule has 6 atom stereocenters. The third-order valence-corrected chi connectivity index (χ3v) is 7.93. The van der Waals surface area contributed by atoms with Gasteiger partial charge in [-0.2, -0.15) is 5.26 Å². The molecule has 2 fully saturated rings. The van der Waals surface area contributed by atoms with Crippen LogP contribution >= 0.6 is 0 Å². The molecule has 0 radical (unpaired) electrons. The Morgan fingerprint density at radius 2 is 1.70 bits per heavy atom. The van der Waals surface area contributed by atoms with Crippen LogP contribution in [0.15, 0.2) is 18.2 Å². The van der Waals surface area contributed by atoms with Crippen molar-refractivity contribution in [1.29, 1.82) is 5.26 Å². The molecule has 0 aromatic heterocycles. The van der Waals surface area contributed by atoms with Gasteiger partial charge in [-0.25, -0.2) is 4.79 Å². The number of carbonyl (C=O) groups excluding carboxylic acids is 3. The van der Waals surface area contributed by atoms with Crippen molar-refractivity contribution in [2.45, 2.75) is 106 Å². The van der Waals surface area contributed by atoms with Crippen LogP contribution in [0.4, 0.5) is 0 Å². The molecule has 3 aliphatic carbocycles. The van der Waals surface area contributed by atoms with Crippen molar-refractivity contribution in [1.82, 2.24) is 0 Å². The van der Waals surface area contributed by atoms with Crippen LogP contribution in [0.3, 0.4) is 0 Å². The predicted octanol–water partition coefficient (Wildman–Crippen LogP) is 6.38. The Labute approximate surface area is 222 Å². The van der Waals surface area contributed by atoms with E-state index in [2.05, 4.69) is 13.0 Å². The molecule has 2 saturated carbocycles. The summed E-state index contributed by atoms with van der Waals surface area (Å²) in [5, 5.41) is 10.1. The molecule has 4 unspecified atom stereocenters. The van der Waals surface area contributed by atoms with E-state index in [1.54, 1.807) is 0 Å². The van der Waals surface area contributed by atoms with E-state index in [1.807, 2.05) is 45.9 Å². The third-order valence-electron chi connectivity index (χ3n) is 7.93. The lowest BCUT2D eigenvalue weighted by Crippen LogP contribution is -2.51. The monoisotopic (exact) mass is 515 g/mol. The number of nitrogens with zero attached hydrogens (tertiary/aromatic N) is 1. The fourth-order valence-corrected chi connectivity index (χ4v) is 6.73. The number of methoxy groups -OCH3 is 1. The van der Waals surface area contributed by atoms with E-state index >= 15 is 0 Å². The van der Waals surface area contributed by atoms with Crippen molar-refractivity contribution in [3.05, 3.63) is 34.9 Å². The smallest absolute Gasteiger partial charge is 0.337 e. The van der Waals surface area contributed by atoms with Gasteiger partial charge in [0.05, 0.1) is 12.7 Å². The van der Waals surface area contributed by atoms with Gasteiger partial charge in [-0.1, -0.05) is 48.1 Å². The van der Waals surface area contributed by atoms with Gasteiger partial charge >= 0.3 is 17.9 Å². The first-order chi connectivity index (χ1) is 17.1. The van der Waals surface area contributed by atoms with Gasteiger partial charge in [-0.3, -0.25) is 9.59 Å². The summed E-state index contributed by atoms with van der Waals surface area (Å²) in [6, 6.07) is 7.99. The number of hydrogen-bond acceptors (Lipinski definition) is 7. The molecule has 1 aromatic carbocycles. The number of aryl methyl sites for hydroxylation is 1. The van der Waals surface area contributed by atoms with Gasteiger partial charge in [-0.15, -0.1) is 0 Å². The van der Waals surface area contributed by atoms with E-state index in [-0.39, 0.29) is 31.1 Å². The van der Waals surface area contributed by atoms with Crippen molar-refractivity contribution in [2.75, 3.05) is 7.11 Å². The molecule has 0 heterocycles. The molecule has 7 nitrogen and oxygen atoms in total. The fourth-order valence-electron chi connectivity index (χ4n) is 6.73. The number of hydrogen-bond donors (Lipinski definition) is 0. The quantitative estimate of drug-likeness (QED) is 0.340.